The van der Waals surface area contributed by atoms with Gasteiger partial charge in [-0.2, -0.15) is 0 Å². The first-order chi connectivity index (χ1) is 9.50. The number of primary amides is 1. The quantitative estimate of drug-likeness (QED) is 0.861. The Balaban J connectivity index is 1.84. The molecular formula is C16H20N2O2. The molecule has 106 valence electrons. The average Bonchev–Trinajstić information content (AvgIpc) is 2.35. The summed E-state index contributed by atoms with van der Waals surface area (Å²) >= 11 is 0. The number of hydrogen-bond acceptors (Lipinski definition) is 3. The molecule has 0 saturated heterocycles. The molecule has 0 aliphatic heterocycles. The minimum atomic E-state index is -0.545. The lowest BCUT2D eigenvalue weighted by Crippen LogP contribution is -2.58. The summed E-state index contributed by atoms with van der Waals surface area (Å²) < 4.78 is 0. The van der Waals surface area contributed by atoms with Crippen LogP contribution in [0.15, 0.2) is 18.3 Å². The van der Waals surface area contributed by atoms with Crippen molar-refractivity contribution in [1.82, 2.24) is 4.98 Å². The summed E-state index contributed by atoms with van der Waals surface area (Å²) in [6.07, 6.45) is 7.64. The maximum absolute atomic E-state index is 11.7. The van der Waals surface area contributed by atoms with Crippen LogP contribution in [0.2, 0.25) is 0 Å². The SMILES string of the molecule is NC(=O)c1cccnc1C12CC3CC(CC(O)(C3)C1)C2. The van der Waals surface area contributed by atoms with Gasteiger partial charge in [-0.1, -0.05) is 0 Å². The van der Waals surface area contributed by atoms with Gasteiger partial charge in [0.05, 0.1) is 16.9 Å². The molecule has 2 unspecified atom stereocenters. The molecule has 4 fully saturated rings. The topological polar surface area (TPSA) is 76.2 Å². The number of carbonyl (C=O) groups excluding carboxylic acids is 1. The van der Waals surface area contributed by atoms with E-state index in [0.29, 0.717) is 17.4 Å². The zero-order valence-electron chi connectivity index (χ0n) is 11.5. The average molecular weight is 272 g/mol. The Morgan fingerprint density at radius 1 is 1.30 bits per heavy atom. The van der Waals surface area contributed by atoms with Crippen molar-refractivity contribution in [2.24, 2.45) is 17.6 Å². The number of aliphatic hydroxyl groups is 1. The molecule has 5 rings (SSSR count). The van der Waals surface area contributed by atoms with E-state index in [-0.39, 0.29) is 5.41 Å². The van der Waals surface area contributed by atoms with E-state index in [1.807, 2.05) is 0 Å². The number of pyridine rings is 1. The van der Waals surface area contributed by atoms with E-state index < -0.39 is 11.5 Å². The van der Waals surface area contributed by atoms with Gasteiger partial charge >= 0.3 is 0 Å². The van der Waals surface area contributed by atoms with Crippen LogP contribution < -0.4 is 5.73 Å². The van der Waals surface area contributed by atoms with Gasteiger partial charge in [-0.25, -0.2) is 0 Å². The molecule has 0 radical (unpaired) electrons. The van der Waals surface area contributed by atoms with Crippen molar-refractivity contribution in [3.8, 4) is 0 Å². The molecule has 1 aromatic heterocycles. The highest BCUT2D eigenvalue weighted by Gasteiger charge is 2.58. The largest absolute Gasteiger partial charge is 0.390 e. The minimum absolute atomic E-state index is 0.134. The van der Waals surface area contributed by atoms with Crippen molar-refractivity contribution in [3.63, 3.8) is 0 Å². The number of rotatable bonds is 2. The van der Waals surface area contributed by atoms with Crippen molar-refractivity contribution in [2.45, 2.75) is 49.5 Å². The van der Waals surface area contributed by atoms with Gasteiger partial charge in [-0.15, -0.1) is 0 Å². The van der Waals surface area contributed by atoms with E-state index in [2.05, 4.69) is 4.98 Å². The number of nitrogens with zero attached hydrogens (tertiary/aromatic N) is 1. The standard InChI is InChI=1S/C16H20N2O2/c17-14(19)12-2-1-3-18-13(12)15-5-10-4-11(6-15)8-16(20,7-10)9-15/h1-3,10-11,20H,4-9H2,(H2,17,19). The maximum Gasteiger partial charge on any atom is 0.250 e. The van der Waals surface area contributed by atoms with E-state index in [0.717, 1.165) is 37.8 Å². The van der Waals surface area contributed by atoms with Crippen molar-refractivity contribution < 1.29 is 9.90 Å². The predicted molar refractivity (Wildman–Crippen MR) is 74.1 cm³/mol. The molecule has 1 heterocycles. The van der Waals surface area contributed by atoms with Crippen LogP contribution in [0.1, 0.15) is 54.6 Å². The molecule has 4 heteroatoms. The molecular weight excluding hydrogens is 252 g/mol. The van der Waals surface area contributed by atoms with Crippen LogP contribution in [0, 0.1) is 11.8 Å². The highest BCUT2D eigenvalue weighted by molar-refractivity contribution is 5.94. The summed E-state index contributed by atoms with van der Waals surface area (Å²) in [6, 6.07) is 3.53. The van der Waals surface area contributed by atoms with Gasteiger partial charge < -0.3 is 10.8 Å². The second-order valence-electron chi connectivity index (χ2n) is 7.23. The van der Waals surface area contributed by atoms with Crippen LogP contribution in [0.5, 0.6) is 0 Å². The maximum atomic E-state index is 11.7. The summed E-state index contributed by atoms with van der Waals surface area (Å²) in [5.74, 6) is 0.740. The molecule has 0 aromatic carbocycles. The smallest absolute Gasteiger partial charge is 0.250 e. The van der Waals surface area contributed by atoms with E-state index in [1.54, 1.807) is 18.3 Å². The summed E-state index contributed by atoms with van der Waals surface area (Å²) in [5.41, 5.74) is 6.22. The van der Waals surface area contributed by atoms with Gasteiger partial charge in [-0.3, -0.25) is 9.78 Å². The molecule has 4 aliphatic carbocycles. The van der Waals surface area contributed by atoms with Crippen LogP contribution in [0.3, 0.4) is 0 Å². The highest BCUT2D eigenvalue weighted by Crippen LogP contribution is 2.62. The fourth-order valence-corrected chi connectivity index (χ4v) is 5.52. The first kappa shape index (κ1) is 12.3. The normalized spacial score (nSPS) is 41.9. The Hall–Kier alpha value is -1.42. The third-order valence-corrected chi connectivity index (χ3v) is 5.61. The van der Waals surface area contributed by atoms with E-state index in [4.69, 9.17) is 5.73 Å². The Kier molecular flexibility index (Phi) is 2.35. The summed E-state index contributed by atoms with van der Waals surface area (Å²) in [7, 11) is 0. The fourth-order valence-electron chi connectivity index (χ4n) is 5.52. The number of aromatic nitrogens is 1. The minimum Gasteiger partial charge on any atom is -0.390 e. The molecule has 1 aromatic rings. The van der Waals surface area contributed by atoms with Gasteiger partial charge in [0, 0.05) is 11.6 Å². The van der Waals surface area contributed by atoms with Gasteiger partial charge in [0.15, 0.2) is 0 Å². The molecule has 0 spiro atoms. The zero-order valence-corrected chi connectivity index (χ0v) is 11.5. The van der Waals surface area contributed by atoms with Gasteiger partial charge in [0.25, 0.3) is 5.91 Å². The van der Waals surface area contributed by atoms with Gasteiger partial charge in [0.2, 0.25) is 0 Å². The molecule has 1 amide bonds. The Morgan fingerprint density at radius 2 is 2.00 bits per heavy atom. The van der Waals surface area contributed by atoms with Gasteiger partial charge in [-0.05, 0) is 62.5 Å². The van der Waals surface area contributed by atoms with Crippen LogP contribution >= 0.6 is 0 Å². The summed E-state index contributed by atoms with van der Waals surface area (Å²) in [5, 5.41) is 10.8. The second-order valence-corrected chi connectivity index (χ2v) is 7.23. The molecule has 2 atom stereocenters. The molecule has 4 saturated carbocycles. The van der Waals surface area contributed by atoms with Crippen LogP contribution in [-0.4, -0.2) is 21.6 Å². The van der Waals surface area contributed by atoms with Crippen molar-refractivity contribution in [1.29, 1.82) is 0 Å². The van der Waals surface area contributed by atoms with E-state index >= 15 is 0 Å². The first-order valence-corrected chi connectivity index (χ1v) is 7.47. The Morgan fingerprint density at radius 3 is 2.60 bits per heavy atom. The van der Waals surface area contributed by atoms with Crippen molar-refractivity contribution in [2.75, 3.05) is 0 Å². The number of nitrogens with two attached hydrogens (primary N) is 1. The molecule has 4 bridgehead atoms. The van der Waals surface area contributed by atoms with Gasteiger partial charge in [0.1, 0.15) is 0 Å². The second kappa shape index (κ2) is 3.82. The first-order valence-electron chi connectivity index (χ1n) is 7.47. The molecule has 4 aliphatic rings. The number of hydrogen-bond donors (Lipinski definition) is 2. The van der Waals surface area contributed by atoms with Crippen LogP contribution in [0.4, 0.5) is 0 Å². The van der Waals surface area contributed by atoms with Crippen LogP contribution in [-0.2, 0) is 5.41 Å². The highest BCUT2D eigenvalue weighted by atomic mass is 16.3. The zero-order chi connectivity index (χ0) is 14.0. The molecule has 4 nitrogen and oxygen atoms in total. The monoisotopic (exact) mass is 272 g/mol. The Labute approximate surface area is 118 Å². The third kappa shape index (κ3) is 1.64. The molecule has 20 heavy (non-hydrogen) atoms. The van der Waals surface area contributed by atoms with E-state index in [1.165, 1.54) is 6.42 Å². The number of carbonyl (C=O) groups is 1. The van der Waals surface area contributed by atoms with Crippen molar-refractivity contribution >= 4 is 5.91 Å². The molecule has 3 N–H and O–H groups in total. The lowest BCUT2D eigenvalue weighted by atomic mass is 9.47. The van der Waals surface area contributed by atoms with Crippen LogP contribution in [0.25, 0.3) is 0 Å². The lowest BCUT2D eigenvalue weighted by Gasteiger charge is -2.60. The van der Waals surface area contributed by atoms with Crippen molar-refractivity contribution in [3.05, 3.63) is 29.6 Å². The predicted octanol–water partition coefficient (Wildman–Crippen LogP) is 1.76. The summed E-state index contributed by atoms with van der Waals surface area (Å²) in [4.78, 5) is 16.2. The van der Waals surface area contributed by atoms with E-state index in [9.17, 15) is 9.90 Å². The Bertz CT molecular complexity index is 570. The summed E-state index contributed by atoms with van der Waals surface area (Å²) in [6.45, 7) is 0. The fraction of sp³-hybridized carbons (Fsp3) is 0.625. The lowest BCUT2D eigenvalue weighted by molar-refractivity contribution is -0.138. The number of amides is 1. The third-order valence-electron chi connectivity index (χ3n) is 5.61.